The number of carbonyl (C=O) groups is 2. The Morgan fingerprint density at radius 2 is 1.92 bits per heavy atom. The first-order chi connectivity index (χ1) is 12.5. The van der Waals surface area contributed by atoms with Crippen molar-refractivity contribution in [2.45, 2.75) is 19.9 Å². The zero-order valence-corrected chi connectivity index (χ0v) is 15.0. The third-order valence-electron chi connectivity index (χ3n) is 3.94. The van der Waals surface area contributed by atoms with Crippen LogP contribution in [0.15, 0.2) is 52.6 Å². The van der Waals surface area contributed by atoms with E-state index in [1.165, 1.54) is 4.57 Å². The normalized spacial score (nSPS) is 10.7. The highest BCUT2D eigenvalue weighted by molar-refractivity contribution is 7.07. The predicted octanol–water partition coefficient (Wildman–Crippen LogP) is 2.94. The average molecular weight is 370 g/mol. The molecule has 2 aromatic carbocycles. The molecule has 0 unspecified atom stereocenters. The van der Waals surface area contributed by atoms with Crippen molar-refractivity contribution in [2.24, 2.45) is 0 Å². The Labute approximate surface area is 154 Å². The molecule has 1 N–H and O–H groups in total. The van der Waals surface area contributed by atoms with Crippen LogP contribution in [-0.4, -0.2) is 23.1 Å². The second kappa shape index (κ2) is 7.97. The van der Waals surface area contributed by atoms with Gasteiger partial charge >= 0.3 is 10.8 Å². The quantitative estimate of drug-likeness (QED) is 0.677. The van der Waals surface area contributed by atoms with E-state index in [0.29, 0.717) is 5.69 Å². The second-order valence-electron chi connectivity index (χ2n) is 5.78. The van der Waals surface area contributed by atoms with Crippen LogP contribution < -0.4 is 10.2 Å². The highest BCUT2D eigenvalue weighted by Crippen LogP contribution is 2.22. The third-order valence-corrected chi connectivity index (χ3v) is 4.82. The summed E-state index contributed by atoms with van der Waals surface area (Å²) in [7, 11) is 0. The first-order valence-electron chi connectivity index (χ1n) is 8.13. The molecule has 1 amide bonds. The summed E-state index contributed by atoms with van der Waals surface area (Å²) in [5, 5.41) is 6.43. The highest BCUT2D eigenvalue weighted by atomic mass is 32.1. The molecule has 3 aromatic rings. The number of ether oxygens (including phenoxy) is 1. The number of anilines is 1. The smallest absolute Gasteiger partial charge is 0.308 e. The fourth-order valence-corrected chi connectivity index (χ4v) is 3.38. The van der Waals surface area contributed by atoms with Gasteiger partial charge in [-0.05, 0) is 18.4 Å². The summed E-state index contributed by atoms with van der Waals surface area (Å²) in [4.78, 5) is 35.4. The summed E-state index contributed by atoms with van der Waals surface area (Å²) in [5.74, 6) is -0.922. The number of benzene rings is 2. The number of rotatable bonds is 6. The average Bonchev–Trinajstić information content (AvgIpc) is 2.96. The molecule has 0 saturated carbocycles. The molecule has 0 aliphatic carbocycles. The predicted molar refractivity (Wildman–Crippen MR) is 101 cm³/mol. The molecule has 0 atom stereocenters. The summed E-state index contributed by atoms with van der Waals surface area (Å²) >= 11 is 1.09. The van der Waals surface area contributed by atoms with Gasteiger partial charge in [0.1, 0.15) is 0 Å². The van der Waals surface area contributed by atoms with Gasteiger partial charge < -0.3 is 14.6 Å². The van der Waals surface area contributed by atoms with Crippen molar-refractivity contribution in [2.75, 3.05) is 11.9 Å². The van der Waals surface area contributed by atoms with Crippen LogP contribution in [0.1, 0.15) is 12.1 Å². The lowest BCUT2D eigenvalue weighted by molar-refractivity contribution is -0.147. The fraction of sp³-hybridized carbons (Fsp3) is 0.211. The number of hydrogen-bond acceptors (Lipinski definition) is 5. The van der Waals surface area contributed by atoms with Gasteiger partial charge in [-0.25, -0.2) is 0 Å². The van der Waals surface area contributed by atoms with Gasteiger partial charge in [0, 0.05) is 28.7 Å². The van der Waals surface area contributed by atoms with E-state index >= 15 is 0 Å². The lowest BCUT2D eigenvalue weighted by atomic mass is 10.1. The number of aromatic nitrogens is 1. The first-order valence-corrected chi connectivity index (χ1v) is 9.01. The summed E-state index contributed by atoms with van der Waals surface area (Å²) < 4.78 is 6.52. The summed E-state index contributed by atoms with van der Waals surface area (Å²) in [6, 6.07) is 13.3. The van der Waals surface area contributed by atoms with Crippen LogP contribution in [0, 0.1) is 6.92 Å². The van der Waals surface area contributed by atoms with Gasteiger partial charge in [0.25, 0.3) is 5.91 Å². The van der Waals surface area contributed by atoms with Crippen molar-refractivity contribution in [3.05, 3.63) is 63.2 Å². The maximum Gasteiger partial charge on any atom is 0.308 e. The Hall–Kier alpha value is -2.93. The molecule has 6 nitrogen and oxygen atoms in total. The Morgan fingerprint density at radius 3 is 2.69 bits per heavy atom. The maximum atomic E-state index is 12.1. The summed E-state index contributed by atoms with van der Waals surface area (Å²) in [6.07, 6.45) is 0.0407. The summed E-state index contributed by atoms with van der Waals surface area (Å²) in [6.45, 7) is 1.69. The molecule has 7 heteroatoms. The van der Waals surface area contributed by atoms with Crippen LogP contribution in [0.2, 0.25) is 0 Å². The van der Waals surface area contributed by atoms with Crippen LogP contribution in [0.25, 0.3) is 10.8 Å². The molecule has 0 spiro atoms. The van der Waals surface area contributed by atoms with Crippen LogP contribution >= 0.6 is 11.3 Å². The molecule has 1 heterocycles. The van der Waals surface area contributed by atoms with Crippen molar-refractivity contribution < 1.29 is 14.3 Å². The number of carbonyl (C=O) groups excluding carboxylic acids is 2. The van der Waals surface area contributed by atoms with Crippen molar-refractivity contribution in [3.8, 4) is 0 Å². The largest absolute Gasteiger partial charge is 0.456 e. The van der Waals surface area contributed by atoms with E-state index in [4.69, 9.17) is 4.74 Å². The standard InChI is InChI=1S/C19H18N2O4S/c1-13-12-26-19(24)21(13)10-9-18(23)25-11-17(22)20-16-8-4-6-14-5-2-3-7-15(14)16/h2-8,12H,9-11H2,1H3,(H,20,22). The van der Waals surface area contributed by atoms with E-state index in [9.17, 15) is 14.4 Å². The molecule has 26 heavy (non-hydrogen) atoms. The number of amides is 1. The zero-order valence-electron chi connectivity index (χ0n) is 14.2. The minimum Gasteiger partial charge on any atom is -0.456 e. The third kappa shape index (κ3) is 4.18. The Balaban J connectivity index is 1.52. The molecule has 0 bridgehead atoms. The van der Waals surface area contributed by atoms with Crippen molar-refractivity contribution in [3.63, 3.8) is 0 Å². The number of nitrogens with zero attached hydrogens (tertiary/aromatic N) is 1. The van der Waals surface area contributed by atoms with Crippen LogP contribution in [-0.2, 0) is 20.9 Å². The summed E-state index contributed by atoms with van der Waals surface area (Å²) in [5.41, 5.74) is 1.48. The van der Waals surface area contributed by atoms with Gasteiger partial charge in [0.15, 0.2) is 6.61 Å². The first kappa shape index (κ1) is 17.9. The number of fused-ring (bicyclic) bond motifs is 1. The van der Waals surface area contributed by atoms with E-state index in [0.717, 1.165) is 27.8 Å². The molecule has 0 aliphatic heterocycles. The molecule has 3 rings (SSSR count). The van der Waals surface area contributed by atoms with Crippen molar-refractivity contribution >= 4 is 39.7 Å². The Morgan fingerprint density at radius 1 is 1.15 bits per heavy atom. The monoisotopic (exact) mass is 370 g/mol. The number of thiazole rings is 1. The van der Waals surface area contributed by atoms with E-state index < -0.39 is 11.9 Å². The minimum absolute atomic E-state index is 0.0407. The van der Waals surface area contributed by atoms with Gasteiger partial charge in [-0.2, -0.15) is 0 Å². The van der Waals surface area contributed by atoms with E-state index in [1.807, 2.05) is 36.4 Å². The van der Waals surface area contributed by atoms with Crippen LogP contribution in [0.5, 0.6) is 0 Å². The molecule has 1 aromatic heterocycles. The molecule has 0 fully saturated rings. The minimum atomic E-state index is -0.518. The zero-order chi connectivity index (χ0) is 18.5. The van der Waals surface area contributed by atoms with Gasteiger partial charge in [-0.1, -0.05) is 47.7 Å². The van der Waals surface area contributed by atoms with Gasteiger partial charge in [0.2, 0.25) is 0 Å². The van der Waals surface area contributed by atoms with E-state index in [2.05, 4.69) is 5.32 Å². The molecule has 0 saturated heterocycles. The second-order valence-corrected chi connectivity index (χ2v) is 6.60. The number of aryl methyl sites for hydroxylation is 1. The van der Waals surface area contributed by atoms with Gasteiger partial charge in [-0.3, -0.25) is 14.4 Å². The van der Waals surface area contributed by atoms with Crippen molar-refractivity contribution in [1.29, 1.82) is 0 Å². The van der Waals surface area contributed by atoms with Crippen LogP contribution in [0.3, 0.4) is 0 Å². The highest BCUT2D eigenvalue weighted by Gasteiger charge is 2.11. The van der Waals surface area contributed by atoms with E-state index in [1.54, 1.807) is 18.4 Å². The van der Waals surface area contributed by atoms with E-state index in [-0.39, 0.29) is 24.4 Å². The molecule has 0 aliphatic rings. The van der Waals surface area contributed by atoms with Crippen LogP contribution in [0.4, 0.5) is 5.69 Å². The van der Waals surface area contributed by atoms with Gasteiger partial charge in [-0.15, -0.1) is 0 Å². The van der Waals surface area contributed by atoms with Gasteiger partial charge in [0.05, 0.1) is 6.42 Å². The lowest BCUT2D eigenvalue weighted by Crippen LogP contribution is -2.22. The SMILES string of the molecule is Cc1csc(=O)n1CCC(=O)OCC(=O)Nc1cccc2ccccc12. The molecular formula is C19H18N2O4S. The topological polar surface area (TPSA) is 77.4 Å². The number of nitrogens with one attached hydrogen (secondary N) is 1. The fourth-order valence-electron chi connectivity index (χ4n) is 2.62. The Bertz CT molecular complexity index is 1000. The van der Waals surface area contributed by atoms with Crippen molar-refractivity contribution in [1.82, 2.24) is 4.57 Å². The number of esters is 1. The maximum absolute atomic E-state index is 12.1. The molecule has 0 radical (unpaired) electrons. The lowest BCUT2D eigenvalue weighted by Gasteiger charge is -2.09. The number of hydrogen-bond donors (Lipinski definition) is 1. The molecular weight excluding hydrogens is 352 g/mol. The molecule has 134 valence electrons. The Kier molecular flexibility index (Phi) is 5.48.